The minimum Gasteiger partial charge on any atom is -0.311 e. The molecule has 2 rings (SSSR count). The summed E-state index contributed by atoms with van der Waals surface area (Å²) in [6.07, 6.45) is 6.69. The van der Waals surface area contributed by atoms with Crippen LogP contribution in [0.15, 0.2) is 42.6 Å². The Morgan fingerprint density at radius 3 is 2.79 bits per heavy atom. The third kappa shape index (κ3) is 4.73. The zero-order valence-corrected chi connectivity index (χ0v) is 12.2. The van der Waals surface area contributed by atoms with Gasteiger partial charge >= 0.3 is 0 Å². The van der Waals surface area contributed by atoms with Gasteiger partial charge < -0.3 is 5.32 Å². The van der Waals surface area contributed by atoms with Gasteiger partial charge in [-0.2, -0.15) is 16.9 Å². The van der Waals surface area contributed by atoms with Crippen LogP contribution in [-0.4, -0.2) is 28.3 Å². The predicted octanol–water partition coefficient (Wildman–Crippen LogP) is 3.11. The summed E-state index contributed by atoms with van der Waals surface area (Å²) < 4.78 is 1.92. The Morgan fingerprint density at radius 2 is 2.00 bits per heavy atom. The van der Waals surface area contributed by atoms with Gasteiger partial charge in [-0.25, -0.2) is 4.68 Å². The summed E-state index contributed by atoms with van der Waals surface area (Å²) in [6, 6.07) is 12.3. The van der Waals surface area contributed by atoms with Crippen LogP contribution in [0.25, 0.3) is 5.69 Å². The Morgan fingerprint density at radius 1 is 1.16 bits per heavy atom. The van der Waals surface area contributed by atoms with Crippen molar-refractivity contribution in [2.75, 3.05) is 18.6 Å². The van der Waals surface area contributed by atoms with Gasteiger partial charge in [0.25, 0.3) is 0 Å². The maximum absolute atomic E-state index is 4.56. The molecule has 0 aliphatic heterocycles. The molecule has 0 aliphatic carbocycles. The summed E-state index contributed by atoms with van der Waals surface area (Å²) in [5.74, 6) is 1.25. The van der Waals surface area contributed by atoms with Gasteiger partial charge in [-0.05, 0) is 49.6 Å². The molecule has 0 saturated heterocycles. The highest BCUT2D eigenvalue weighted by molar-refractivity contribution is 7.98. The molecule has 0 atom stereocenters. The first-order valence-electron chi connectivity index (χ1n) is 6.70. The number of rotatable bonds is 8. The van der Waals surface area contributed by atoms with Crippen LogP contribution < -0.4 is 5.32 Å². The average Bonchev–Trinajstić information content (AvgIpc) is 2.92. The minimum absolute atomic E-state index is 0.846. The van der Waals surface area contributed by atoms with E-state index < -0.39 is 0 Å². The summed E-state index contributed by atoms with van der Waals surface area (Å²) in [6.45, 7) is 1.91. The summed E-state index contributed by atoms with van der Waals surface area (Å²) in [4.78, 5) is 0. The highest BCUT2D eigenvalue weighted by Crippen LogP contribution is 2.06. The van der Waals surface area contributed by atoms with Gasteiger partial charge in [-0.15, -0.1) is 0 Å². The van der Waals surface area contributed by atoms with E-state index in [-0.39, 0.29) is 0 Å². The Kier molecular flexibility index (Phi) is 5.98. The highest BCUT2D eigenvalue weighted by atomic mass is 32.2. The van der Waals surface area contributed by atoms with Crippen LogP contribution in [0.5, 0.6) is 0 Å². The average molecular weight is 275 g/mol. The quantitative estimate of drug-likeness (QED) is 0.751. The van der Waals surface area contributed by atoms with Crippen molar-refractivity contribution in [1.82, 2.24) is 15.1 Å². The van der Waals surface area contributed by atoms with Gasteiger partial charge in [0.15, 0.2) is 0 Å². The van der Waals surface area contributed by atoms with E-state index in [9.17, 15) is 0 Å². The molecule has 0 aliphatic rings. The maximum Gasteiger partial charge on any atom is 0.0766 e. The molecule has 0 amide bonds. The topological polar surface area (TPSA) is 29.9 Å². The summed E-state index contributed by atoms with van der Waals surface area (Å²) in [5.41, 5.74) is 2.20. The molecule has 1 aromatic heterocycles. The second-order valence-electron chi connectivity index (χ2n) is 4.46. The minimum atomic E-state index is 0.846. The fourth-order valence-corrected chi connectivity index (χ4v) is 2.39. The Balaban J connectivity index is 1.75. The summed E-state index contributed by atoms with van der Waals surface area (Å²) in [5, 5.41) is 8.00. The van der Waals surface area contributed by atoms with Crippen molar-refractivity contribution < 1.29 is 0 Å². The Hall–Kier alpha value is -1.26. The molecule has 2 aromatic rings. The van der Waals surface area contributed by atoms with E-state index in [0.29, 0.717) is 0 Å². The van der Waals surface area contributed by atoms with Crippen molar-refractivity contribution in [3.8, 4) is 5.69 Å². The van der Waals surface area contributed by atoms with Gasteiger partial charge in [-0.1, -0.05) is 18.2 Å². The smallest absolute Gasteiger partial charge is 0.0766 e. The lowest BCUT2D eigenvalue weighted by molar-refractivity contribution is 0.630. The van der Waals surface area contributed by atoms with E-state index in [0.717, 1.165) is 24.5 Å². The number of nitrogens with one attached hydrogen (secondary N) is 1. The molecule has 1 heterocycles. The first-order valence-corrected chi connectivity index (χ1v) is 8.09. The number of aromatic nitrogens is 2. The third-order valence-corrected chi connectivity index (χ3v) is 3.62. The fraction of sp³-hybridized carbons (Fsp3) is 0.400. The highest BCUT2D eigenvalue weighted by Gasteiger charge is 2.00. The molecule has 1 N–H and O–H groups in total. The van der Waals surface area contributed by atoms with E-state index in [4.69, 9.17) is 0 Å². The largest absolute Gasteiger partial charge is 0.311 e. The van der Waals surface area contributed by atoms with E-state index in [1.807, 2.05) is 40.8 Å². The molecular weight excluding hydrogens is 254 g/mol. The van der Waals surface area contributed by atoms with Gasteiger partial charge in [0.2, 0.25) is 0 Å². The predicted molar refractivity (Wildman–Crippen MR) is 82.9 cm³/mol. The van der Waals surface area contributed by atoms with Crippen LogP contribution in [0.4, 0.5) is 0 Å². The van der Waals surface area contributed by atoms with Crippen LogP contribution >= 0.6 is 11.8 Å². The van der Waals surface area contributed by atoms with E-state index in [1.165, 1.54) is 18.6 Å². The number of para-hydroxylation sites is 1. The second kappa shape index (κ2) is 8.02. The SMILES string of the molecule is CSCCCCNCc1ccn(-c2ccccc2)n1. The van der Waals surface area contributed by atoms with Crippen molar-refractivity contribution in [2.45, 2.75) is 19.4 Å². The molecule has 0 fully saturated rings. The lowest BCUT2D eigenvalue weighted by Gasteiger charge is -2.02. The zero-order valence-electron chi connectivity index (χ0n) is 11.4. The molecule has 102 valence electrons. The van der Waals surface area contributed by atoms with E-state index in [2.05, 4.69) is 34.9 Å². The summed E-state index contributed by atoms with van der Waals surface area (Å²) >= 11 is 1.91. The summed E-state index contributed by atoms with van der Waals surface area (Å²) in [7, 11) is 0. The Labute approximate surface area is 119 Å². The third-order valence-electron chi connectivity index (χ3n) is 2.92. The maximum atomic E-state index is 4.56. The van der Waals surface area contributed by atoms with Gasteiger partial charge in [0.1, 0.15) is 0 Å². The van der Waals surface area contributed by atoms with Crippen molar-refractivity contribution >= 4 is 11.8 Å². The molecule has 19 heavy (non-hydrogen) atoms. The van der Waals surface area contributed by atoms with Crippen molar-refractivity contribution in [2.24, 2.45) is 0 Å². The molecule has 0 unspecified atom stereocenters. The second-order valence-corrected chi connectivity index (χ2v) is 5.45. The van der Waals surface area contributed by atoms with Gasteiger partial charge in [0, 0.05) is 12.7 Å². The van der Waals surface area contributed by atoms with Crippen molar-refractivity contribution in [3.05, 3.63) is 48.3 Å². The molecule has 4 heteroatoms. The van der Waals surface area contributed by atoms with E-state index >= 15 is 0 Å². The number of unbranched alkanes of at least 4 members (excludes halogenated alkanes) is 1. The van der Waals surface area contributed by atoms with Crippen LogP contribution in [0, 0.1) is 0 Å². The Bertz CT molecular complexity index is 467. The van der Waals surface area contributed by atoms with Crippen LogP contribution in [0.3, 0.4) is 0 Å². The molecule has 1 aromatic carbocycles. The fourth-order valence-electron chi connectivity index (χ4n) is 1.89. The number of nitrogens with zero attached hydrogens (tertiary/aromatic N) is 2. The first kappa shape index (κ1) is 14.2. The molecule has 0 spiro atoms. The van der Waals surface area contributed by atoms with E-state index in [1.54, 1.807) is 0 Å². The number of benzene rings is 1. The number of hydrogen-bond donors (Lipinski definition) is 1. The van der Waals surface area contributed by atoms with Crippen molar-refractivity contribution in [1.29, 1.82) is 0 Å². The molecular formula is C15H21N3S. The molecule has 0 radical (unpaired) electrons. The van der Waals surface area contributed by atoms with Crippen LogP contribution in [-0.2, 0) is 6.54 Å². The normalized spacial score (nSPS) is 10.8. The lowest BCUT2D eigenvalue weighted by atomic mass is 10.3. The van der Waals surface area contributed by atoms with Gasteiger partial charge in [-0.3, -0.25) is 0 Å². The monoisotopic (exact) mass is 275 g/mol. The van der Waals surface area contributed by atoms with Gasteiger partial charge in [0.05, 0.1) is 11.4 Å². The number of thioether (sulfide) groups is 1. The first-order chi connectivity index (χ1) is 9.40. The standard InChI is InChI=1S/C15H21N3S/c1-19-12-6-5-10-16-13-14-9-11-18(17-14)15-7-3-2-4-8-15/h2-4,7-9,11,16H,5-6,10,12-13H2,1H3. The molecule has 0 bridgehead atoms. The molecule has 0 saturated carbocycles. The van der Waals surface area contributed by atoms with Crippen LogP contribution in [0.2, 0.25) is 0 Å². The molecule has 3 nitrogen and oxygen atoms in total. The lowest BCUT2D eigenvalue weighted by Crippen LogP contribution is -2.15. The number of hydrogen-bond acceptors (Lipinski definition) is 3. The van der Waals surface area contributed by atoms with Crippen molar-refractivity contribution in [3.63, 3.8) is 0 Å². The zero-order chi connectivity index (χ0) is 13.3. The van der Waals surface area contributed by atoms with Crippen LogP contribution in [0.1, 0.15) is 18.5 Å².